The summed E-state index contributed by atoms with van der Waals surface area (Å²) >= 11 is 5.76. The molecule has 0 spiro atoms. The van der Waals surface area contributed by atoms with Crippen LogP contribution >= 0.6 is 11.6 Å². The highest BCUT2D eigenvalue weighted by molar-refractivity contribution is 6.29. The van der Waals surface area contributed by atoms with Crippen LogP contribution in [0.3, 0.4) is 0 Å². The van der Waals surface area contributed by atoms with Crippen LogP contribution in [0.4, 0.5) is 5.82 Å². The number of anilines is 1. The van der Waals surface area contributed by atoms with Gasteiger partial charge in [-0.3, -0.25) is 9.97 Å². The monoisotopic (exact) mass is 248 g/mol. The molecule has 0 amide bonds. The topological polar surface area (TPSA) is 50.7 Å². The number of aromatic nitrogens is 3. The van der Waals surface area contributed by atoms with Gasteiger partial charge in [0.2, 0.25) is 0 Å². The van der Waals surface area contributed by atoms with Crippen molar-refractivity contribution in [2.45, 2.75) is 19.9 Å². The summed E-state index contributed by atoms with van der Waals surface area (Å²) < 4.78 is 0. The Morgan fingerprint density at radius 1 is 1.35 bits per heavy atom. The standard InChI is InChI=1S/C12H13ClN4/c1-2-9-4-3-5-15-10(9)6-16-12-8-14-7-11(13)17-12/h3-5,7-8H,2,6H2,1H3,(H,16,17). The first-order valence-electron chi connectivity index (χ1n) is 5.43. The van der Waals surface area contributed by atoms with Gasteiger partial charge in [-0.1, -0.05) is 24.6 Å². The average molecular weight is 249 g/mol. The maximum Gasteiger partial charge on any atom is 0.149 e. The molecule has 2 aromatic heterocycles. The van der Waals surface area contributed by atoms with E-state index in [9.17, 15) is 0 Å². The summed E-state index contributed by atoms with van der Waals surface area (Å²) in [6.07, 6.45) is 5.90. The molecule has 88 valence electrons. The quantitative estimate of drug-likeness (QED) is 0.904. The summed E-state index contributed by atoms with van der Waals surface area (Å²) in [6.45, 7) is 2.73. The van der Waals surface area contributed by atoms with Crippen LogP contribution in [0.1, 0.15) is 18.2 Å². The van der Waals surface area contributed by atoms with Crippen LogP contribution in [0.15, 0.2) is 30.7 Å². The molecular weight excluding hydrogens is 236 g/mol. The van der Waals surface area contributed by atoms with E-state index < -0.39 is 0 Å². The molecule has 0 radical (unpaired) electrons. The molecule has 2 aromatic rings. The van der Waals surface area contributed by atoms with Crippen LogP contribution in [-0.2, 0) is 13.0 Å². The largest absolute Gasteiger partial charge is 0.363 e. The van der Waals surface area contributed by atoms with Gasteiger partial charge in [-0.15, -0.1) is 0 Å². The smallest absolute Gasteiger partial charge is 0.149 e. The number of aryl methyl sites for hydroxylation is 1. The molecule has 0 bridgehead atoms. The first kappa shape index (κ1) is 11.8. The van der Waals surface area contributed by atoms with E-state index in [2.05, 4.69) is 33.3 Å². The minimum atomic E-state index is 0.381. The van der Waals surface area contributed by atoms with Crippen LogP contribution in [0.25, 0.3) is 0 Å². The molecule has 17 heavy (non-hydrogen) atoms. The van der Waals surface area contributed by atoms with Crippen molar-refractivity contribution in [2.75, 3.05) is 5.32 Å². The fourth-order valence-corrected chi connectivity index (χ4v) is 1.70. The van der Waals surface area contributed by atoms with Crippen LogP contribution in [0.5, 0.6) is 0 Å². The van der Waals surface area contributed by atoms with Gasteiger partial charge in [0.05, 0.1) is 24.6 Å². The van der Waals surface area contributed by atoms with Crippen molar-refractivity contribution in [3.05, 3.63) is 47.1 Å². The zero-order valence-corrected chi connectivity index (χ0v) is 10.3. The van der Waals surface area contributed by atoms with E-state index in [0.29, 0.717) is 17.5 Å². The lowest BCUT2D eigenvalue weighted by Crippen LogP contribution is -2.06. The van der Waals surface area contributed by atoms with Crippen LogP contribution in [0, 0.1) is 0 Å². The molecule has 0 aromatic carbocycles. The van der Waals surface area contributed by atoms with E-state index in [-0.39, 0.29) is 0 Å². The highest BCUT2D eigenvalue weighted by Crippen LogP contribution is 2.10. The van der Waals surface area contributed by atoms with E-state index in [1.165, 1.54) is 11.8 Å². The minimum Gasteiger partial charge on any atom is -0.363 e. The second-order valence-corrected chi connectivity index (χ2v) is 3.93. The van der Waals surface area contributed by atoms with Crippen molar-refractivity contribution in [1.29, 1.82) is 0 Å². The fourth-order valence-electron chi connectivity index (χ4n) is 1.55. The number of hydrogen-bond donors (Lipinski definition) is 1. The lowest BCUT2D eigenvalue weighted by atomic mass is 10.1. The number of hydrogen-bond acceptors (Lipinski definition) is 4. The molecule has 1 N–H and O–H groups in total. The van der Waals surface area contributed by atoms with Crippen LogP contribution in [0.2, 0.25) is 5.15 Å². The van der Waals surface area contributed by atoms with Gasteiger partial charge in [-0.05, 0) is 18.1 Å². The van der Waals surface area contributed by atoms with Gasteiger partial charge in [-0.25, -0.2) is 4.98 Å². The van der Waals surface area contributed by atoms with Crippen molar-refractivity contribution in [3.63, 3.8) is 0 Å². The lowest BCUT2D eigenvalue weighted by molar-refractivity contribution is 0.961. The molecular formula is C12H13ClN4. The van der Waals surface area contributed by atoms with Crippen molar-refractivity contribution in [2.24, 2.45) is 0 Å². The predicted octanol–water partition coefficient (Wildman–Crippen LogP) is 2.70. The number of pyridine rings is 1. The van der Waals surface area contributed by atoms with Crippen molar-refractivity contribution >= 4 is 17.4 Å². The van der Waals surface area contributed by atoms with Gasteiger partial charge in [-0.2, -0.15) is 0 Å². The van der Waals surface area contributed by atoms with E-state index in [0.717, 1.165) is 12.1 Å². The van der Waals surface area contributed by atoms with E-state index >= 15 is 0 Å². The molecule has 0 atom stereocenters. The van der Waals surface area contributed by atoms with Crippen LogP contribution < -0.4 is 5.32 Å². The molecule has 5 heteroatoms. The summed E-state index contributed by atoms with van der Waals surface area (Å²) in [4.78, 5) is 12.4. The lowest BCUT2D eigenvalue weighted by Gasteiger charge is -2.08. The Hall–Kier alpha value is -1.68. The van der Waals surface area contributed by atoms with Gasteiger partial charge in [0.25, 0.3) is 0 Å². The molecule has 4 nitrogen and oxygen atoms in total. The molecule has 2 rings (SSSR count). The molecule has 2 heterocycles. The maximum absolute atomic E-state index is 5.76. The normalized spacial score (nSPS) is 10.2. The molecule has 0 aliphatic heterocycles. The Labute approximate surface area is 105 Å². The summed E-state index contributed by atoms with van der Waals surface area (Å²) in [5.41, 5.74) is 2.26. The number of halogens is 1. The Morgan fingerprint density at radius 2 is 2.24 bits per heavy atom. The Balaban J connectivity index is 2.07. The summed E-state index contributed by atoms with van der Waals surface area (Å²) in [5, 5.41) is 3.54. The molecule has 0 unspecified atom stereocenters. The SMILES string of the molecule is CCc1cccnc1CNc1cncc(Cl)n1. The van der Waals surface area contributed by atoms with E-state index in [1.807, 2.05) is 6.07 Å². The number of nitrogens with one attached hydrogen (secondary N) is 1. The zero-order chi connectivity index (χ0) is 12.1. The van der Waals surface area contributed by atoms with Crippen molar-refractivity contribution in [3.8, 4) is 0 Å². The van der Waals surface area contributed by atoms with Gasteiger partial charge in [0.1, 0.15) is 11.0 Å². The third kappa shape index (κ3) is 3.14. The average Bonchev–Trinajstić information content (AvgIpc) is 2.37. The summed E-state index contributed by atoms with van der Waals surface area (Å²) in [6, 6.07) is 4.02. The second kappa shape index (κ2) is 5.59. The first-order valence-corrected chi connectivity index (χ1v) is 5.81. The Morgan fingerprint density at radius 3 is 3.00 bits per heavy atom. The molecule has 0 saturated carbocycles. The Bertz CT molecular complexity index is 501. The summed E-state index contributed by atoms with van der Waals surface area (Å²) in [7, 11) is 0. The zero-order valence-electron chi connectivity index (χ0n) is 9.52. The molecule has 0 aliphatic carbocycles. The molecule has 0 fully saturated rings. The second-order valence-electron chi connectivity index (χ2n) is 3.54. The van der Waals surface area contributed by atoms with Crippen LogP contribution in [-0.4, -0.2) is 15.0 Å². The Kier molecular flexibility index (Phi) is 3.88. The van der Waals surface area contributed by atoms with Gasteiger partial charge >= 0.3 is 0 Å². The minimum absolute atomic E-state index is 0.381. The van der Waals surface area contributed by atoms with Gasteiger partial charge < -0.3 is 5.32 Å². The van der Waals surface area contributed by atoms with Gasteiger partial charge in [0, 0.05) is 6.20 Å². The first-order chi connectivity index (χ1) is 8.29. The van der Waals surface area contributed by atoms with E-state index in [1.54, 1.807) is 12.4 Å². The highest BCUT2D eigenvalue weighted by atomic mass is 35.5. The van der Waals surface area contributed by atoms with Crippen molar-refractivity contribution < 1.29 is 0 Å². The molecule has 0 saturated heterocycles. The summed E-state index contributed by atoms with van der Waals surface area (Å²) in [5.74, 6) is 0.658. The highest BCUT2D eigenvalue weighted by Gasteiger charge is 2.02. The number of rotatable bonds is 4. The van der Waals surface area contributed by atoms with Crippen molar-refractivity contribution in [1.82, 2.24) is 15.0 Å². The third-order valence-corrected chi connectivity index (χ3v) is 2.59. The predicted molar refractivity (Wildman–Crippen MR) is 68.0 cm³/mol. The number of nitrogens with zero attached hydrogens (tertiary/aromatic N) is 3. The maximum atomic E-state index is 5.76. The molecule has 0 aliphatic rings. The fraction of sp³-hybridized carbons (Fsp3) is 0.250. The van der Waals surface area contributed by atoms with Gasteiger partial charge in [0.15, 0.2) is 0 Å². The van der Waals surface area contributed by atoms with E-state index in [4.69, 9.17) is 11.6 Å². The third-order valence-electron chi connectivity index (χ3n) is 2.41.